The van der Waals surface area contributed by atoms with Gasteiger partial charge in [-0.3, -0.25) is 4.68 Å². The molecule has 0 bridgehead atoms. The van der Waals surface area contributed by atoms with Crippen LogP contribution in [0, 0.1) is 6.92 Å². The van der Waals surface area contributed by atoms with Gasteiger partial charge in [0.15, 0.2) is 0 Å². The highest BCUT2D eigenvalue weighted by Gasteiger charge is 2.15. The summed E-state index contributed by atoms with van der Waals surface area (Å²) >= 11 is 1.82. The summed E-state index contributed by atoms with van der Waals surface area (Å²) in [5.41, 5.74) is 6.50. The number of hydrogen-bond acceptors (Lipinski definition) is 4. The van der Waals surface area contributed by atoms with Crippen LogP contribution >= 0.6 is 11.8 Å². The van der Waals surface area contributed by atoms with Crippen LogP contribution in [0.1, 0.15) is 31.9 Å². The molecule has 1 rings (SSSR count). The maximum atomic E-state index is 9.03. The molecule has 1 heterocycles. The number of aromatic nitrogens is 2. The first-order chi connectivity index (χ1) is 7.94. The molecule has 98 valence electrons. The third-order valence-electron chi connectivity index (χ3n) is 2.71. The molecule has 0 spiro atoms. The minimum absolute atomic E-state index is 0.0566. The Balaban J connectivity index is 2.19. The fourth-order valence-electron chi connectivity index (χ4n) is 1.61. The van der Waals surface area contributed by atoms with E-state index in [2.05, 4.69) is 11.2 Å². The second-order valence-electron chi connectivity index (χ2n) is 4.87. The summed E-state index contributed by atoms with van der Waals surface area (Å²) < 4.78 is 1.92. The first-order valence-corrected chi connectivity index (χ1v) is 6.96. The second-order valence-corrected chi connectivity index (χ2v) is 5.98. The Bertz CT molecular complexity index is 350. The van der Waals surface area contributed by atoms with Crippen molar-refractivity contribution >= 4 is 11.8 Å². The van der Waals surface area contributed by atoms with Crippen molar-refractivity contribution in [3.8, 4) is 0 Å². The molecule has 1 aromatic heterocycles. The highest BCUT2D eigenvalue weighted by Crippen LogP contribution is 2.20. The quantitative estimate of drug-likeness (QED) is 0.576. The summed E-state index contributed by atoms with van der Waals surface area (Å²) in [6.45, 7) is 3.96. The minimum atomic E-state index is -0.423. The lowest BCUT2D eigenvalue weighted by Crippen LogP contribution is -2.39. The Hall–Kier alpha value is -0.520. The number of nitrogens with two attached hydrogens (primary N) is 1. The van der Waals surface area contributed by atoms with Gasteiger partial charge in [0.25, 0.3) is 0 Å². The van der Waals surface area contributed by atoms with E-state index in [1.807, 2.05) is 37.3 Å². The number of rotatable bonds is 7. The van der Waals surface area contributed by atoms with Crippen molar-refractivity contribution in [2.24, 2.45) is 12.8 Å². The SMILES string of the molecule is Cc1cc(SCCCCC(C)(N)CO)n(C)n1. The minimum Gasteiger partial charge on any atom is -0.394 e. The van der Waals surface area contributed by atoms with Gasteiger partial charge in [0.05, 0.1) is 17.3 Å². The van der Waals surface area contributed by atoms with Crippen LogP contribution in [0.25, 0.3) is 0 Å². The van der Waals surface area contributed by atoms with Crippen LogP contribution in [0.5, 0.6) is 0 Å². The number of hydrogen-bond donors (Lipinski definition) is 2. The third kappa shape index (κ3) is 5.10. The van der Waals surface area contributed by atoms with Gasteiger partial charge in [0.1, 0.15) is 0 Å². The Labute approximate surface area is 108 Å². The lowest BCUT2D eigenvalue weighted by atomic mass is 9.98. The number of aliphatic hydroxyl groups excluding tert-OH is 1. The first kappa shape index (κ1) is 14.5. The van der Waals surface area contributed by atoms with Crippen molar-refractivity contribution in [1.29, 1.82) is 0 Å². The zero-order chi connectivity index (χ0) is 12.9. The molecule has 17 heavy (non-hydrogen) atoms. The van der Waals surface area contributed by atoms with E-state index in [9.17, 15) is 0 Å². The van der Waals surface area contributed by atoms with Crippen molar-refractivity contribution in [2.45, 2.75) is 43.7 Å². The van der Waals surface area contributed by atoms with Crippen molar-refractivity contribution in [2.75, 3.05) is 12.4 Å². The lowest BCUT2D eigenvalue weighted by molar-refractivity contribution is 0.198. The zero-order valence-electron chi connectivity index (χ0n) is 10.9. The van der Waals surface area contributed by atoms with E-state index < -0.39 is 5.54 Å². The summed E-state index contributed by atoms with van der Waals surface area (Å²) in [5.74, 6) is 1.07. The van der Waals surface area contributed by atoms with E-state index in [1.165, 1.54) is 5.03 Å². The predicted molar refractivity (Wildman–Crippen MR) is 72.2 cm³/mol. The smallest absolute Gasteiger partial charge is 0.0939 e. The molecule has 1 unspecified atom stereocenters. The Kier molecular flexibility index (Phi) is 5.49. The second kappa shape index (κ2) is 6.42. The summed E-state index contributed by atoms with van der Waals surface area (Å²) in [4.78, 5) is 0. The van der Waals surface area contributed by atoms with Gasteiger partial charge >= 0.3 is 0 Å². The molecule has 0 radical (unpaired) electrons. The van der Waals surface area contributed by atoms with Crippen LogP contribution in [0.2, 0.25) is 0 Å². The molecule has 1 atom stereocenters. The van der Waals surface area contributed by atoms with Gasteiger partial charge in [-0.15, -0.1) is 11.8 Å². The van der Waals surface area contributed by atoms with Gasteiger partial charge in [0, 0.05) is 12.6 Å². The zero-order valence-corrected chi connectivity index (χ0v) is 11.8. The highest BCUT2D eigenvalue weighted by atomic mass is 32.2. The molecule has 1 aromatic rings. The number of unbranched alkanes of at least 4 members (excludes halogenated alkanes) is 1. The third-order valence-corrected chi connectivity index (χ3v) is 3.88. The summed E-state index contributed by atoms with van der Waals surface area (Å²) in [7, 11) is 1.97. The fourth-order valence-corrected chi connectivity index (χ4v) is 2.65. The summed E-state index contributed by atoms with van der Waals surface area (Å²) in [6, 6.07) is 2.10. The standard InChI is InChI=1S/C12H23N3OS/c1-10-8-11(15(3)14-10)17-7-5-4-6-12(2,13)9-16/h8,16H,4-7,9,13H2,1-3H3. The lowest BCUT2D eigenvalue weighted by Gasteiger charge is -2.21. The average molecular weight is 257 g/mol. The van der Waals surface area contributed by atoms with Crippen molar-refractivity contribution in [3.63, 3.8) is 0 Å². The van der Waals surface area contributed by atoms with Crippen molar-refractivity contribution in [1.82, 2.24) is 9.78 Å². The monoisotopic (exact) mass is 257 g/mol. The van der Waals surface area contributed by atoms with Gasteiger partial charge in [0.2, 0.25) is 0 Å². The van der Waals surface area contributed by atoms with Gasteiger partial charge in [-0.05, 0) is 38.5 Å². The maximum Gasteiger partial charge on any atom is 0.0939 e. The number of nitrogens with zero attached hydrogens (tertiary/aromatic N) is 2. The molecule has 4 nitrogen and oxygen atoms in total. The normalized spacial score (nSPS) is 14.9. The number of aryl methyl sites for hydroxylation is 2. The van der Waals surface area contributed by atoms with Gasteiger partial charge in [-0.2, -0.15) is 5.10 Å². The van der Waals surface area contributed by atoms with E-state index >= 15 is 0 Å². The average Bonchev–Trinajstić information content (AvgIpc) is 2.57. The molecule has 0 aliphatic heterocycles. The van der Waals surface area contributed by atoms with Crippen LogP contribution in [0.4, 0.5) is 0 Å². The molecular weight excluding hydrogens is 234 g/mol. The Morgan fingerprint density at radius 1 is 1.53 bits per heavy atom. The summed E-state index contributed by atoms with van der Waals surface area (Å²) in [5, 5.41) is 14.5. The molecular formula is C12H23N3OS. The van der Waals surface area contributed by atoms with E-state index in [1.54, 1.807) is 0 Å². The molecule has 0 aromatic carbocycles. The Morgan fingerprint density at radius 2 is 2.24 bits per heavy atom. The number of aliphatic hydroxyl groups is 1. The first-order valence-electron chi connectivity index (χ1n) is 5.98. The molecule has 0 amide bonds. The van der Waals surface area contributed by atoms with Crippen LogP contribution in [0.3, 0.4) is 0 Å². The van der Waals surface area contributed by atoms with Crippen LogP contribution in [-0.4, -0.2) is 32.8 Å². The molecule has 0 saturated heterocycles. The Morgan fingerprint density at radius 3 is 2.76 bits per heavy atom. The largest absolute Gasteiger partial charge is 0.394 e. The van der Waals surface area contributed by atoms with E-state index in [-0.39, 0.29) is 6.61 Å². The van der Waals surface area contributed by atoms with Crippen LogP contribution in [0.15, 0.2) is 11.1 Å². The molecule has 5 heteroatoms. The topological polar surface area (TPSA) is 64.1 Å². The van der Waals surface area contributed by atoms with E-state index in [0.717, 1.165) is 30.7 Å². The fraction of sp³-hybridized carbons (Fsp3) is 0.750. The van der Waals surface area contributed by atoms with Crippen LogP contribution < -0.4 is 5.73 Å². The van der Waals surface area contributed by atoms with Crippen LogP contribution in [-0.2, 0) is 7.05 Å². The molecule has 0 fully saturated rings. The van der Waals surface area contributed by atoms with Gasteiger partial charge in [-0.1, -0.05) is 6.42 Å². The van der Waals surface area contributed by atoms with Crippen molar-refractivity contribution < 1.29 is 5.11 Å². The van der Waals surface area contributed by atoms with Gasteiger partial charge < -0.3 is 10.8 Å². The van der Waals surface area contributed by atoms with E-state index in [4.69, 9.17) is 10.8 Å². The summed E-state index contributed by atoms with van der Waals surface area (Å²) in [6.07, 6.45) is 3.04. The highest BCUT2D eigenvalue weighted by molar-refractivity contribution is 7.99. The maximum absolute atomic E-state index is 9.03. The molecule has 0 saturated carbocycles. The number of thioether (sulfide) groups is 1. The van der Waals surface area contributed by atoms with Crippen molar-refractivity contribution in [3.05, 3.63) is 11.8 Å². The predicted octanol–water partition coefficient (Wildman–Crippen LogP) is 1.70. The van der Waals surface area contributed by atoms with Gasteiger partial charge in [-0.25, -0.2) is 0 Å². The van der Waals surface area contributed by atoms with E-state index in [0.29, 0.717) is 0 Å². The molecule has 0 aliphatic carbocycles. The molecule has 0 aliphatic rings. The molecule has 3 N–H and O–H groups in total.